The highest BCUT2D eigenvalue weighted by molar-refractivity contribution is 7.92. The van der Waals surface area contributed by atoms with Crippen molar-refractivity contribution in [1.82, 2.24) is 5.43 Å². The normalized spacial score (nSPS) is 11.2. The Balaban J connectivity index is 1.83. The van der Waals surface area contributed by atoms with Crippen LogP contribution in [0.15, 0.2) is 82.8 Å². The maximum Gasteiger partial charge on any atom is 0.264 e. The Kier molecular flexibility index (Phi) is 7.49. The van der Waals surface area contributed by atoms with E-state index >= 15 is 0 Å². The molecule has 7 nitrogen and oxygen atoms in total. The molecule has 0 fully saturated rings. The highest BCUT2D eigenvalue weighted by Gasteiger charge is 2.27. The smallest absolute Gasteiger partial charge is 0.264 e. The van der Waals surface area contributed by atoms with E-state index in [2.05, 4.69) is 10.5 Å². The highest BCUT2D eigenvalue weighted by atomic mass is 35.5. The predicted octanol–water partition coefficient (Wildman–Crippen LogP) is 4.21. The number of anilines is 1. The Hall–Kier alpha value is -3.38. The first-order chi connectivity index (χ1) is 15.3. The number of carbonyl (C=O) groups excluding carboxylic acids is 1. The molecule has 0 saturated heterocycles. The van der Waals surface area contributed by atoms with Crippen molar-refractivity contribution in [2.75, 3.05) is 10.8 Å². The van der Waals surface area contributed by atoms with E-state index in [0.29, 0.717) is 11.1 Å². The van der Waals surface area contributed by atoms with E-state index in [1.165, 1.54) is 36.5 Å². The number of sulfonamides is 1. The lowest BCUT2D eigenvalue weighted by atomic mass is 10.2. The number of carbonyl (C=O) groups is 1. The first-order valence-electron chi connectivity index (χ1n) is 9.16. The summed E-state index contributed by atoms with van der Waals surface area (Å²) in [5.74, 6) is -0.666. The zero-order valence-corrected chi connectivity index (χ0v) is 18.8. The first-order valence-corrected chi connectivity index (χ1v) is 11.4. The molecule has 0 aliphatic rings. The van der Waals surface area contributed by atoms with Gasteiger partial charge in [0, 0.05) is 0 Å². The Labute approximate surface area is 195 Å². The molecular weight excluding hydrogens is 471 g/mol. The summed E-state index contributed by atoms with van der Waals surface area (Å²) in [7, 11) is -4.08. The Bertz CT molecular complexity index is 1290. The van der Waals surface area contributed by atoms with E-state index < -0.39 is 22.5 Å². The van der Waals surface area contributed by atoms with Gasteiger partial charge in [-0.05, 0) is 48.0 Å². The molecule has 10 heteroatoms. The van der Waals surface area contributed by atoms with E-state index in [0.717, 1.165) is 4.31 Å². The molecule has 0 aliphatic heterocycles. The number of hydrazone groups is 1. The van der Waals surface area contributed by atoms with Crippen LogP contribution in [0.2, 0.25) is 10.0 Å². The molecule has 0 atom stereocenters. The minimum Gasteiger partial charge on any atom is -0.271 e. The number of hydrogen-bond donors (Lipinski definition) is 1. The molecule has 0 bridgehead atoms. The molecule has 0 radical (unpaired) electrons. The van der Waals surface area contributed by atoms with Crippen molar-refractivity contribution in [3.05, 3.63) is 94.0 Å². The second-order valence-corrected chi connectivity index (χ2v) is 9.13. The molecule has 3 aromatic carbocycles. The van der Waals surface area contributed by atoms with Crippen LogP contribution in [0.5, 0.6) is 0 Å². The van der Waals surface area contributed by atoms with E-state index in [-0.39, 0.29) is 20.6 Å². The third kappa shape index (κ3) is 5.65. The zero-order chi connectivity index (χ0) is 23.1. The Morgan fingerprint density at radius 2 is 1.72 bits per heavy atom. The SMILES string of the molecule is N#Cc1ccc(/C=N\NC(=O)CN(c2ccc(Cl)c(Cl)c2)S(=O)(=O)c2ccccc2)cc1. The Morgan fingerprint density at radius 1 is 1.03 bits per heavy atom. The monoisotopic (exact) mass is 486 g/mol. The van der Waals surface area contributed by atoms with E-state index in [4.69, 9.17) is 28.5 Å². The van der Waals surface area contributed by atoms with Crippen molar-refractivity contribution in [2.45, 2.75) is 4.90 Å². The summed E-state index contributed by atoms with van der Waals surface area (Å²) >= 11 is 12.0. The van der Waals surface area contributed by atoms with Crippen molar-refractivity contribution in [3.63, 3.8) is 0 Å². The van der Waals surface area contributed by atoms with Gasteiger partial charge in [-0.15, -0.1) is 0 Å². The fourth-order valence-electron chi connectivity index (χ4n) is 2.66. The fourth-order valence-corrected chi connectivity index (χ4v) is 4.39. The largest absolute Gasteiger partial charge is 0.271 e. The molecule has 1 amide bonds. The lowest BCUT2D eigenvalue weighted by Gasteiger charge is -2.24. The Morgan fingerprint density at radius 3 is 2.34 bits per heavy atom. The van der Waals surface area contributed by atoms with Gasteiger partial charge in [-0.2, -0.15) is 10.4 Å². The van der Waals surface area contributed by atoms with Crippen LogP contribution in [-0.4, -0.2) is 27.1 Å². The van der Waals surface area contributed by atoms with Gasteiger partial charge in [-0.3, -0.25) is 9.10 Å². The third-order valence-electron chi connectivity index (χ3n) is 4.25. The van der Waals surface area contributed by atoms with Crippen LogP contribution in [0.1, 0.15) is 11.1 Å². The number of rotatable bonds is 7. The van der Waals surface area contributed by atoms with Gasteiger partial charge in [-0.1, -0.05) is 53.5 Å². The number of nitrogens with zero attached hydrogens (tertiary/aromatic N) is 3. The van der Waals surface area contributed by atoms with Gasteiger partial charge >= 0.3 is 0 Å². The lowest BCUT2D eigenvalue weighted by molar-refractivity contribution is -0.119. The van der Waals surface area contributed by atoms with Gasteiger partial charge in [-0.25, -0.2) is 13.8 Å². The van der Waals surface area contributed by atoms with Gasteiger partial charge in [0.15, 0.2) is 0 Å². The summed E-state index contributed by atoms with van der Waals surface area (Å²) < 4.78 is 27.4. The maximum absolute atomic E-state index is 13.2. The highest BCUT2D eigenvalue weighted by Crippen LogP contribution is 2.30. The molecule has 162 valence electrons. The molecule has 0 spiro atoms. The van der Waals surface area contributed by atoms with Crippen molar-refractivity contribution in [1.29, 1.82) is 5.26 Å². The minimum atomic E-state index is -4.08. The third-order valence-corrected chi connectivity index (χ3v) is 6.78. The van der Waals surface area contributed by atoms with Crippen LogP contribution < -0.4 is 9.73 Å². The van der Waals surface area contributed by atoms with Crippen LogP contribution in [-0.2, 0) is 14.8 Å². The predicted molar refractivity (Wildman–Crippen MR) is 124 cm³/mol. The van der Waals surface area contributed by atoms with Crippen LogP contribution in [0.25, 0.3) is 0 Å². The van der Waals surface area contributed by atoms with Gasteiger partial charge < -0.3 is 0 Å². The van der Waals surface area contributed by atoms with Gasteiger partial charge in [0.1, 0.15) is 6.54 Å². The summed E-state index contributed by atoms with van der Waals surface area (Å²) in [4.78, 5) is 12.5. The first kappa shape index (κ1) is 23.3. The molecule has 3 rings (SSSR count). The second-order valence-electron chi connectivity index (χ2n) is 6.45. The summed E-state index contributed by atoms with van der Waals surface area (Å²) in [6, 6.07) is 20.6. The maximum atomic E-state index is 13.2. The van der Waals surface area contributed by atoms with Gasteiger partial charge in [0.2, 0.25) is 0 Å². The summed E-state index contributed by atoms with van der Waals surface area (Å²) in [6.45, 7) is -0.542. The molecule has 0 aromatic heterocycles. The number of amides is 1. The number of nitrogens with one attached hydrogen (secondary N) is 1. The van der Waals surface area contributed by atoms with Crippen molar-refractivity contribution < 1.29 is 13.2 Å². The number of hydrogen-bond acceptors (Lipinski definition) is 5. The molecule has 1 N–H and O–H groups in total. The molecule has 0 heterocycles. The molecule has 0 saturated carbocycles. The average molecular weight is 487 g/mol. The second kappa shape index (κ2) is 10.3. The fraction of sp³-hybridized carbons (Fsp3) is 0.0455. The van der Waals surface area contributed by atoms with Crippen molar-refractivity contribution in [3.8, 4) is 6.07 Å². The molecule has 0 unspecified atom stereocenters. The molecular formula is C22H16Cl2N4O3S. The van der Waals surface area contributed by atoms with Crippen molar-refractivity contribution >= 4 is 51.0 Å². The average Bonchev–Trinajstić information content (AvgIpc) is 2.80. The molecule has 3 aromatic rings. The topological polar surface area (TPSA) is 103 Å². The molecule has 0 aliphatic carbocycles. The summed E-state index contributed by atoms with van der Waals surface area (Å²) in [6.07, 6.45) is 1.38. The van der Waals surface area contributed by atoms with Crippen LogP contribution in [0, 0.1) is 11.3 Å². The summed E-state index contributed by atoms with van der Waals surface area (Å²) in [5, 5.41) is 13.1. The van der Waals surface area contributed by atoms with Crippen LogP contribution in [0.3, 0.4) is 0 Å². The van der Waals surface area contributed by atoms with Crippen LogP contribution in [0.4, 0.5) is 5.69 Å². The van der Waals surface area contributed by atoms with E-state index in [1.54, 1.807) is 42.5 Å². The minimum absolute atomic E-state index is 0.0138. The quantitative estimate of drug-likeness (QED) is 0.398. The molecule has 32 heavy (non-hydrogen) atoms. The van der Waals surface area contributed by atoms with Gasteiger partial charge in [0.25, 0.3) is 15.9 Å². The number of halogens is 2. The van der Waals surface area contributed by atoms with E-state index in [1.807, 2.05) is 6.07 Å². The number of nitriles is 1. The zero-order valence-electron chi connectivity index (χ0n) is 16.4. The van der Waals surface area contributed by atoms with Gasteiger partial charge in [0.05, 0.1) is 38.5 Å². The van der Waals surface area contributed by atoms with Crippen LogP contribution >= 0.6 is 23.2 Å². The standard InChI is InChI=1S/C22H16Cl2N4O3S/c23-20-11-10-18(12-21(20)24)28(32(30,31)19-4-2-1-3-5-19)15-22(29)27-26-14-17-8-6-16(13-25)7-9-17/h1-12,14H,15H2,(H,27,29)/b26-14-. The summed E-state index contributed by atoms with van der Waals surface area (Å²) in [5.41, 5.74) is 3.64. The van der Waals surface area contributed by atoms with E-state index in [9.17, 15) is 13.2 Å². The number of benzene rings is 3. The van der Waals surface area contributed by atoms with Crippen molar-refractivity contribution in [2.24, 2.45) is 5.10 Å². The lowest BCUT2D eigenvalue weighted by Crippen LogP contribution is -2.39.